The van der Waals surface area contributed by atoms with Gasteiger partial charge in [0.05, 0.1) is 12.0 Å². The first-order valence-corrected chi connectivity index (χ1v) is 5.87. The molecule has 0 saturated carbocycles. The van der Waals surface area contributed by atoms with Crippen LogP contribution in [0.1, 0.15) is 18.6 Å². The molecule has 1 rings (SSSR count). The second kappa shape index (κ2) is 5.46. The molecule has 0 aromatic heterocycles. The summed E-state index contributed by atoms with van der Waals surface area (Å²) >= 11 is 3.33. The quantitative estimate of drug-likeness (QED) is 0.925. The summed E-state index contributed by atoms with van der Waals surface area (Å²) in [6.07, 6.45) is -0.761. The van der Waals surface area contributed by atoms with E-state index in [0.717, 1.165) is 10.0 Å². The molecular formula is C12H16BrNO2. The summed E-state index contributed by atoms with van der Waals surface area (Å²) in [4.78, 5) is 13.2. The highest BCUT2D eigenvalue weighted by atomic mass is 79.9. The van der Waals surface area contributed by atoms with Crippen LogP contribution in [0.4, 0.5) is 0 Å². The second-order valence-corrected chi connectivity index (χ2v) is 4.93. The molecule has 0 fully saturated rings. The van der Waals surface area contributed by atoms with Gasteiger partial charge in [-0.15, -0.1) is 0 Å². The topological polar surface area (TPSA) is 40.5 Å². The monoisotopic (exact) mass is 285 g/mol. The number of hydrogen-bond acceptors (Lipinski definition) is 2. The maximum Gasteiger partial charge on any atom is 0.227 e. The number of hydrogen-bond donors (Lipinski definition) is 1. The Hall–Kier alpha value is -0.870. The van der Waals surface area contributed by atoms with Gasteiger partial charge in [-0.1, -0.05) is 35.0 Å². The van der Waals surface area contributed by atoms with Crippen LogP contribution < -0.4 is 0 Å². The Morgan fingerprint density at radius 1 is 1.31 bits per heavy atom. The van der Waals surface area contributed by atoms with Gasteiger partial charge in [-0.25, -0.2) is 0 Å². The Labute approximate surface area is 104 Å². The Balaban J connectivity index is 2.81. The van der Waals surface area contributed by atoms with Gasteiger partial charge in [0.25, 0.3) is 0 Å². The fourth-order valence-corrected chi connectivity index (χ4v) is 1.76. The zero-order valence-electron chi connectivity index (χ0n) is 9.64. The molecule has 16 heavy (non-hydrogen) atoms. The maximum atomic E-state index is 11.7. The minimum atomic E-state index is -0.761. The molecule has 0 unspecified atom stereocenters. The van der Waals surface area contributed by atoms with Crippen molar-refractivity contribution in [1.29, 1.82) is 0 Å². The molecule has 1 aromatic carbocycles. The van der Waals surface area contributed by atoms with Gasteiger partial charge >= 0.3 is 0 Å². The molecule has 0 heterocycles. The molecule has 88 valence electrons. The van der Waals surface area contributed by atoms with E-state index in [2.05, 4.69) is 15.9 Å². The minimum Gasteiger partial charge on any atom is -0.388 e. The molecule has 0 saturated heterocycles. The van der Waals surface area contributed by atoms with Crippen LogP contribution in [0, 0.1) is 5.92 Å². The molecule has 1 amide bonds. The van der Waals surface area contributed by atoms with Crippen LogP contribution in [0.15, 0.2) is 28.7 Å². The van der Waals surface area contributed by atoms with Crippen LogP contribution in [0.2, 0.25) is 0 Å². The summed E-state index contributed by atoms with van der Waals surface area (Å²) in [7, 11) is 3.38. The lowest BCUT2D eigenvalue weighted by atomic mass is 9.96. The lowest BCUT2D eigenvalue weighted by molar-refractivity contribution is -0.136. The predicted octanol–water partition coefficient (Wildman–Crippen LogP) is 2.21. The molecule has 1 N–H and O–H groups in total. The summed E-state index contributed by atoms with van der Waals surface area (Å²) in [5.74, 6) is -0.508. The van der Waals surface area contributed by atoms with E-state index < -0.39 is 12.0 Å². The van der Waals surface area contributed by atoms with Gasteiger partial charge in [0.2, 0.25) is 5.91 Å². The highest BCUT2D eigenvalue weighted by Gasteiger charge is 2.24. The summed E-state index contributed by atoms with van der Waals surface area (Å²) in [6, 6.07) is 7.33. The summed E-state index contributed by atoms with van der Waals surface area (Å²) < 4.78 is 0.954. The van der Waals surface area contributed by atoms with Crippen LogP contribution in [0.5, 0.6) is 0 Å². The van der Waals surface area contributed by atoms with E-state index >= 15 is 0 Å². The number of nitrogens with zero attached hydrogens (tertiary/aromatic N) is 1. The van der Waals surface area contributed by atoms with E-state index in [1.54, 1.807) is 21.0 Å². The van der Waals surface area contributed by atoms with Crippen LogP contribution in [0.3, 0.4) is 0 Å². The van der Waals surface area contributed by atoms with Gasteiger partial charge in [0, 0.05) is 18.6 Å². The highest BCUT2D eigenvalue weighted by molar-refractivity contribution is 9.10. The molecule has 0 spiro atoms. The van der Waals surface area contributed by atoms with Crippen molar-refractivity contribution < 1.29 is 9.90 Å². The van der Waals surface area contributed by atoms with E-state index in [1.165, 1.54) is 4.90 Å². The number of aliphatic hydroxyl groups excluding tert-OH is 1. The zero-order valence-corrected chi connectivity index (χ0v) is 11.2. The fourth-order valence-electron chi connectivity index (χ4n) is 1.49. The fraction of sp³-hybridized carbons (Fsp3) is 0.417. The molecular weight excluding hydrogens is 270 g/mol. The standard InChI is InChI=1S/C12H16BrNO2/c1-8(12(16)14(2)3)11(15)9-4-6-10(13)7-5-9/h4-8,11,15H,1-3H3/t8-,11-/m1/s1. The number of aliphatic hydroxyl groups is 1. The molecule has 0 aliphatic rings. The van der Waals surface area contributed by atoms with Gasteiger partial charge in [-0.2, -0.15) is 0 Å². The molecule has 0 aliphatic heterocycles. The zero-order chi connectivity index (χ0) is 12.3. The van der Waals surface area contributed by atoms with Crippen molar-refractivity contribution in [3.05, 3.63) is 34.3 Å². The summed E-state index contributed by atoms with van der Waals surface area (Å²) in [5.41, 5.74) is 0.755. The Morgan fingerprint density at radius 2 is 1.81 bits per heavy atom. The Kier molecular flexibility index (Phi) is 4.50. The first-order valence-electron chi connectivity index (χ1n) is 5.08. The van der Waals surface area contributed by atoms with Crippen molar-refractivity contribution in [2.75, 3.05) is 14.1 Å². The third kappa shape index (κ3) is 3.06. The molecule has 0 radical (unpaired) electrons. The summed E-state index contributed by atoms with van der Waals surface area (Å²) in [5, 5.41) is 10.0. The molecule has 2 atom stereocenters. The average molecular weight is 286 g/mol. The van der Waals surface area contributed by atoms with Crippen LogP contribution in [-0.2, 0) is 4.79 Å². The van der Waals surface area contributed by atoms with Crippen molar-refractivity contribution in [3.63, 3.8) is 0 Å². The Morgan fingerprint density at radius 3 is 2.25 bits per heavy atom. The van der Waals surface area contributed by atoms with Gasteiger partial charge < -0.3 is 10.0 Å². The van der Waals surface area contributed by atoms with Crippen LogP contribution in [0.25, 0.3) is 0 Å². The van der Waals surface area contributed by atoms with Crippen molar-refractivity contribution in [1.82, 2.24) is 4.90 Å². The largest absolute Gasteiger partial charge is 0.388 e. The van der Waals surface area contributed by atoms with Crippen LogP contribution in [-0.4, -0.2) is 30.0 Å². The van der Waals surface area contributed by atoms with Crippen molar-refractivity contribution >= 4 is 21.8 Å². The SMILES string of the molecule is C[C@@H](C(=O)N(C)C)[C@@H](O)c1ccc(Br)cc1. The number of carbonyl (C=O) groups excluding carboxylic acids is 1. The lowest BCUT2D eigenvalue weighted by Gasteiger charge is -2.21. The number of halogens is 1. The normalized spacial score (nSPS) is 14.3. The number of amides is 1. The second-order valence-electron chi connectivity index (χ2n) is 4.02. The Bertz CT molecular complexity index is 362. The first kappa shape index (κ1) is 13.2. The van der Waals surface area contributed by atoms with Crippen molar-refractivity contribution in [2.45, 2.75) is 13.0 Å². The van der Waals surface area contributed by atoms with Crippen molar-refractivity contribution in [3.8, 4) is 0 Å². The van der Waals surface area contributed by atoms with Gasteiger partial charge in [0.15, 0.2) is 0 Å². The van der Waals surface area contributed by atoms with Gasteiger partial charge in [-0.05, 0) is 17.7 Å². The minimum absolute atomic E-state index is 0.0737. The highest BCUT2D eigenvalue weighted by Crippen LogP contribution is 2.24. The third-order valence-corrected chi connectivity index (χ3v) is 3.04. The molecule has 0 aliphatic carbocycles. The van der Waals surface area contributed by atoms with Gasteiger partial charge in [0.1, 0.15) is 0 Å². The van der Waals surface area contributed by atoms with E-state index in [4.69, 9.17) is 0 Å². The third-order valence-electron chi connectivity index (χ3n) is 2.52. The maximum absolute atomic E-state index is 11.7. The van der Waals surface area contributed by atoms with E-state index in [9.17, 15) is 9.90 Å². The van der Waals surface area contributed by atoms with Gasteiger partial charge in [-0.3, -0.25) is 4.79 Å². The smallest absolute Gasteiger partial charge is 0.227 e. The molecule has 0 bridgehead atoms. The van der Waals surface area contributed by atoms with Crippen LogP contribution >= 0.6 is 15.9 Å². The number of benzene rings is 1. The number of rotatable bonds is 3. The lowest BCUT2D eigenvalue weighted by Crippen LogP contribution is -2.31. The molecule has 1 aromatic rings. The average Bonchev–Trinajstić information content (AvgIpc) is 2.27. The van der Waals surface area contributed by atoms with E-state index in [0.29, 0.717) is 0 Å². The van der Waals surface area contributed by atoms with E-state index in [1.807, 2.05) is 24.3 Å². The number of carbonyl (C=O) groups is 1. The molecule has 3 nitrogen and oxygen atoms in total. The molecule has 4 heteroatoms. The first-order chi connectivity index (χ1) is 7.43. The van der Waals surface area contributed by atoms with E-state index in [-0.39, 0.29) is 5.91 Å². The summed E-state index contributed by atoms with van der Waals surface area (Å²) in [6.45, 7) is 1.73. The van der Waals surface area contributed by atoms with Crippen molar-refractivity contribution in [2.24, 2.45) is 5.92 Å². The predicted molar refractivity (Wildman–Crippen MR) is 67.0 cm³/mol.